The SMILES string of the molecule is Cc1ccc(S(=O)(=O)N2CCOCC2)cc1NC(=O)c1cccc(NC(=O)C2CCCO2)c1. The van der Waals surface area contributed by atoms with E-state index in [0.717, 1.165) is 12.0 Å². The average molecular weight is 474 g/mol. The van der Waals surface area contributed by atoms with E-state index in [1.54, 1.807) is 37.3 Å². The van der Waals surface area contributed by atoms with Crippen LogP contribution in [0.5, 0.6) is 0 Å². The molecular weight excluding hydrogens is 446 g/mol. The number of nitrogens with one attached hydrogen (secondary N) is 2. The lowest BCUT2D eigenvalue weighted by molar-refractivity contribution is -0.124. The zero-order valence-corrected chi connectivity index (χ0v) is 19.2. The van der Waals surface area contributed by atoms with E-state index >= 15 is 0 Å². The molecule has 0 bridgehead atoms. The smallest absolute Gasteiger partial charge is 0.255 e. The summed E-state index contributed by atoms with van der Waals surface area (Å²) in [5.41, 5.74) is 1.96. The number of sulfonamides is 1. The van der Waals surface area contributed by atoms with Crippen LogP contribution in [0.15, 0.2) is 47.4 Å². The third-order valence-corrected chi connectivity index (χ3v) is 7.57. The van der Waals surface area contributed by atoms with Gasteiger partial charge in [0, 0.05) is 36.6 Å². The molecule has 176 valence electrons. The summed E-state index contributed by atoms with van der Waals surface area (Å²) in [7, 11) is -3.69. The van der Waals surface area contributed by atoms with Crippen LogP contribution in [0.3, 0.4) is 0 Å². The van der Waals surface area contributed by atoms with Crippen molar-refractivity contribution in [1.29, 1.82) is 0 Å². The van der Waals surface area contributed by atoms with Gasteiger partial charge in [-0.3, -0.25) is 9.59 Å². The van der Waals surface area contributed by atoms with E-state index in [1.165, 1.54) is 16.4 Å². The number of benzene rings is 2. The summed E-state index contributed by atoms with van der Waals surface area (Å²) in [5.74, 6) is -0.644. The molecule has 0 saturated carbocycles. The van der Waals surface area contributed by atoms with Crippen molar-refractivity contribution >= 4 is 33.2 Å². The lowest BCUT2D eigenvalue weighted by Gasteiger charge is -2.26. The number of nitrogens with zero attached hydrogens (tertiary/aromatic N) is 1. The van der Waals surface area contributed by atoms with E-state index in [0.29, 0.717) is 56.3 Å². The molecule has 0 spiro atoms. The van der Waals surface area contributed by atoms with Gasteiger partial charge in [-0.2, -0.15) is 4.31 Å². The van der Waals surface area contributed by atoms with Gasteiger partial charge in [0.2, 0.25) is 10.0 Å². The van der Waals surface area contributed by atoms with Gasteiger partial charge in [-0.1, -0.05) is 12.1 Å². The first kappa shape index (κ1) is 23.4. The fourth-order valence-electron chi connectivity index (χ4n) is 3.77. The van der Waals surface area contributed by atoms with Gasteiger partial charge in [0.25, 0.3) is 11.8 Å². The van der Waals surface area contributed by atoms with Gasteiger partial charge in [0.15, 0.2) is 0 Å². The molecule has 0 aliphatic carbocycles. The van der Waals surface area contributed by atoms with E-state index in [-0.39, 0.29) is 10.8 Å². The van der Waals surface area contributed by atoms with Crippen molar-refractivity contribution in [3.05, 3.63) is 53.6 Å². The maximum absolute atomic E-state index is 13.0. The van der Waals surface area contributed by atoms with Crippen LogP contribution in [0.25, 0.3) is 0 Å². The maximum Gasteiger partial charge on any atom is 0.255 e. The van der Waals surface area contributed by atoms with Gasteiger partial charge in [0.1, 0.15) is 6.10 Å². The van der Waals surface area contributed by atoms with Gasteiger partial charge in [0.05, 0.1) is 18.1 Å². The van der Waals surface area contributed by atoms with Crippen molar-refractivity contribution in [2.75, 3.05) is 43.5 Å². The summed E-state index contributed by atoms with van der Waals surface area (Å²) in [6, 6.07) is 11.3. The number of amides is 2. The standard InChI is InChI=1S/C23H27N3O6S/c1-16-7-8-19(33(29,30)26-9-12-31-13-10-26)15-20(16)25-22(27)17-4-2-5-18(14-17)24-23(28)21-6-3-11-32-21/h2,4-5,7-8,14-15,21H,3,6,9-13H2,1H3,(H,24,28)(H,25,27). The van der Waals surface area contributed by atoms with Crippen molar-refractivity contribution in [1.82, 2.24) is 4.31 Å². The summed E-state index contributed by atoms with van der Waals surface area (Å²) in [6.45, 7) is 3.66. The highest BCUT2D eigenvalue weighted by Gasteiger charge is 2.27. The highest BCUT2D eigenvalue weighted by atomic mass is 32.2. The Hall–Kier alpha value is -2.79. The molecule has 2 aliphatic rings. The summed E-state index contributed by atoms with van der Waals surface area (Å²) in [5, 5.41) is 5.57. The second-order valence-corrected chi connectivity index (χ2v) is 9.96. The molecule has 2 aromatic rings. The van der Waals surface area contributed by atoms with Crippen molar-refractivity contribution in [3.8, 4) is 0 Å². The van der Waals surface area contributed by atoms with Crippen molar-refractivity contribution in [3.63, 3.8) is 0 Å². The Labute approximate surface area is 193 Å². The quantitative estimate of drug-likeness (QED) is 0.666. The van der Waals surface area contributed by atoms with Gasteiger partial charge < -0.3 is 20.1 Å². The molecular formula is C23H27N3O6S. The van der Waals surface area contributed by atoms with Gasteiger partial charge in [-0.05, 0) is 55.7 Å². The molecule has 2 aromatic carbocycles. The minimum Gasteiger partial charge on any atom is -0.379 e. The van der Waals surface area contributed by atoms with Crippen LogP contribution in [0.4, 0.5) is 11.4 Å². The van der Waals surface area contributed by atoms with E-state index in [4.69, 9.17) is 9.47 Å². The average Bonchev–Trinajstić information content (AvgIpc) is 3.36. The number of hydrogen-bond acceptors (Lipinski definition) is 6. The second-order valence-electron chi connectivity index (χ2n) is 8.02. The number of carbonyl (C=O) groups excluding carboxylic acids is 2. The molecule has 4 rings (SSSR count). The van der Waals surface area contributed by atoms with E-state index < -0.39 is 22.0 Å². The van der Waals surface area contributed by atoms with Crippen LogP contribution in [0, 0.1) is 6.92 Å². The summed E-state index contributed by atoms with van der Waals surface area (Å²) in [4.78, 5) is 25.3. The summed E-state index contributed by atoms with van der Waals surface area (Å²) in [6.07, 6.45) is 1.05. The Balaban J connectivity index is 1.49. The lowest BCUT2D eigenvalue weighted by atomic mass is 10.1. The molecule has 2 saturated heterocycles. The van der Waals surface area contributed by atoms with E-state index in [1.807, 2.05) is 0 Å². The van der Waals surface area contributed by atoms with Gasteiger partial charge in [-0.25, -0.2) is 8.42 Å². The van der Waals surface area contributed by atoms with Crippen LogP contribution >= 0.6 is 0 Å². The maximum atomic E-state index is 13.0. The summed E-state index contributed by atoms with van der Waals surface area (Å²) >= 11 is 0. The monoisotopic (exact) mass is 473 g/mol. The number of carbonyl (C=O) groups is 2. The third-order valence-electron chi connectivity index (χ3n) is 5.68. The molecule has 9 nitrogen and oxygen atoms in total. The Morgan fingerprint density at radius 3 is 2.55 bits per heavy atom. The van der Waals surface area contributed by atoms with Crippen molar-refractivity contribution in [2.24, 2.45) is 0 Å². The number of morpholine rings is 1. The van der Waals surface area contributed by atoms with Crippen LogP contribution in [-0.2, 0) is 24.3 Å². The number of anilines is 2. The van der Waals surface area contributed by atoms with Gasteiger partial charge >= 0.3 is 0 Å². The molecule has 2 aliphatic heterocycles. The fourth-order valence-corrected chi connectivity index (χ4v) is 5.21. The van der Waals surface area contributed by atoms with E-state index in [9.17, 15) is 18.0 Å². The molecule has 2 N–H and O–H groups in total. The molecule has 2 fully saturated rings. The Morgan fingerprint density at radius 1 is 1.03 bits per heavy atom. The normalized spacial score (nSPS) is 19.2. The highest BCUT2D eigenvalue weighted by Crippen LogP contribution is 2.25. The summed E-state index contributed by atoms with van der Waals surface area (Å²) < 4.78 is 38.0. The Bertz CT molecular complexity index is 1140. The van der Waals surface area contributed by atoms with Crippen LogP contribution in [0.2, 0.25) is 0 Å². The molecule has 10 heteroatoms. The minimum atomic E-state index is -3.69. The second kappa shape index (κ2) is 10.0. The first-order chi connectivity index (χ1) is 15.8. The van der Waals surface area contributed by atoms with Crippen LogP contribution < -0.4 is 10.6 Å². The zero-order valence-electron chi connectivity index (χ0n) is 18.4. The van der Waals surface area contributed by atoms with Crippen molar-refractivity contribution in [2.45, 2.75) is 30.8 Å². The zero-order chi connectivity index (χ0) is 23.4. The highest BCUT2D eigenvalue weighted by molar-refractivity contribution is 7.89. The minimum absolute atomic E-state index is 0.114. The number of aryl methyl sites for hydroxylation is 1. The van der Waals surface area contributed by atoms with E-state index in [2.05, 4.69) is 10.6 Å². The molecule has 2 heterocycles. The third kappa shape index (κ3) is 5.41. The first-order valence-electron chi connectivity index (χ1n) is 10.9. The number of rotatable bonds is 6. The Kier molecular flexibility index (Phi) is 7.08. The molecule has 1 atom stereocenters. The number of ether oxygens (including phenoxy) is 2. The molecule has 33 heavy (non-hydrogen) atoms. The van der Waals surface area contributed by atoms with Gasteiger partial charge in [-0.15, -0.1) is 0 Å². The number of hydrogen-bond donors (Lipinski definition) is 2. The molecule has 0 radical (unpaired) electrons. The largest absolute Gasteiger partial charge is 0.379 e. The lowest BCUT2D eigenvalue weighted by Crippen LogP contribution is -2.40. The predicted octanol–water partition coefficient (Wildman–Crippen LogP) is 2.39. The molecule has 2 amide bonds. The van der Waals surface area contributed by atoms with Crippen molar-refractivity contribution < 1.29 is 27.5 Å². The molecule has 0 aromatic heterocycles. The predicted molar refractivity (Wildman–Crippen MR) is 123 cm³/mol. The van der Waals surface area contributed by atoms with Crippen LogP contribution in [0.1, 0.15) is 28.8 Å². The topological polar surface area (TPSA) is 114 Å². The Morgan fingerprint density at radius 2 is 1.82 bits per heavy atom. The molecule has 1 unspecified atom stereocenters. The van der Waals surface area contributed by atoms with Crippen LogP contribution in [-0.4, -0.2) is 63.6 Å². The fraction of sp³-hybridized carbons (Fsp3) is 0.391. The first-order valence-corrected chi connectivity index (χ1v) is 12.3.